The molecular weight excluding hydrogens is 168 g/mol. The number of rotatable bonds is 2. The second-order valence-corrected chi connectivity index (χ2v) is 2.16. The Balaban J connectivity index is 3.24. The van der Waals surface area contributed by atoms with Gasteiger partial charge >= 0.3 is 5.56 Å². The summed E-state index contributed by atoms with van der Waals surface area (Å²) < 4.78 is 4.80. The van der Waals surface area contributed by atoms with E-state index in [4.69, 9.17) is 16.3 Å². The van der Waals surface area contributed by atoms with Crippen molar-refractivity contribution >= 4 is 11.6 Å². The molecule has 0 radical (unpaired) electrons. The van der Waals surface area contributed by atoms with Crippen LogP contribution in [0.15, 0.2) is 11.0 Å². The summed E-state index contributed by atoms with van der Waals surface area (Å²) in [6.07, 6.45) is 1.47. The number of nitrogens with zero attached hydrogens (tertiary/aromatic N) is 1. The number of nitrogens with one attached hydrogen (secondary N) is 1. The third-order valence-electron chi connectivity index (χ3n) is 1.23. The maximum atomic E-state index is 10.9. The van der Waals surface area contributed by atoms with Crippen molar-refractivity contribution in [1.29, 1.82) is 0 Å². The molecule has 60 valence electrons. The van der Waals surface area contributed by atoms with Gasteiger partial charge in [0.15, 0.2) is 5.75 Å². The van der Waals surface area contributed by atoms with Crippen molar-refractivity contribution < 1.29 is 4.74 Å². The summed E-state index contributed by atoms with van der Waals surface area (Å²) in [6, 6.07) is 0. The minimum atomic E-state index is -0.356. The van der Waals surface area contributed by atoms with Crippen LogP contribution in [0.4, 0.5) is 0 Å². The maximum Gasteiger partial charge on any atom is 0.306 e. The van der Waals surface area contributed by atoms with Crippen molar-refractivity contribution in [1.82, 2.24) is 10.2 Å². The lowest BCUT2D eigenvalue weighted by atomic mass is 10.3. The number of hydrogen-bond donors (Lipinski definition) is 1. The highest BCUT2D eigenvalue weighted by Gasteiger charge is 2.05. The fourth-order valence-corrected chi connectivity index (χ4v) is 0.933. The second-order valence-electron chi connectivity index (χ2n) is 1.89. The highest BCUT2D eigenvalue weighted by atomic mass is 35.5. The van der Waals surface area contributed by atoms with Gasteiger partial charge in [0.2, 0.25) is 0 Å². The molecule has 1 heterocycles. The molecule has 1 rings (SSSR count). The number of H-pyrrole nitrogens is 1. The fourth-order valence-electron chi connectivity index (χ4n) is 0.743. The molecule has 0 unspecified atom stereocenters. The highest BCUT2D eigenvalue weighted by molar-refractivity contribution is 6.17. The van der Waals surface area contributed by atoms with Gasteiger partial charge in [0, 0.05) is 5.56 Å². The van der Waals surface area contributed by atoms with Crippen LogP contribution in [0.3, 0.4) is 0 Å². The molecule has 0 aliphatic carbocycles. The second kappa shape index (κ2) is 3.39. The molecule has 11 heavy (non-hydrogen) atoms. The van der Waals surface area contributed by atoms with Crippen LogP contribution in [0, 0.1) is 0 Å². The van der Waals surface area contributed by atoms with Gasteiger partial charge in [0.1, 0.15) is 0 Å². The van der Waals surface area contributed by atoms with E-state index in [0.717, 1.165) is 0 Å². The normalized spacial score (nSPS) is 9.64. The molecule has 4 nitrogen and oxygen atoms in total. The molecule has 0 amide bonds. The SMILES string of the molecule is COc1c(CCl)cn[nH]c1=O. The standard InChI is InChI=1S/C6H7ClN2O2/c1-11-5-4(2-7)3-8-9-6(5)10/h3H,2H2,1H3,(H,9,10). The van der Waals surface area contributed by atoms with Crippen LogP contribution in [0.25, 0.3) is 0 Å². The van der Waals surface area contributed by atoms with Crippen LogP contribution in [-0.2, 0) is 5.88 Å². The van der Waals surface area contributed by atoms with E-state index in [9.17, 15) is 4.79 Å². The Morgan fingerprint density at radius 3 is 3.00 bits per heavy atom. The first-order valence-electron chi connectivity index (χ1n) is 2.96. The van der Waals surface area contributed by atoms with Gasteiger partial charge in [0.05, 0.1) is 19.2 Å². The molecule has 0 aromatic carbocycles. The molecule has 5 heteroatoms. The number of aromatic nitrogens is 2. The lowest BCUT2D eigenvalue weighted by molar-refractivity contribution is 0.402. The van der Waals surface area contributed by atoms with Crippen molar-refractivity contribution in [3.63, 3.8) is 0 Å². The monoisotopic (exact) mass is 174 g/mol. The van der Waals surface area contributed by atoms with Crippen LogP contribution in [-0.4, -0.2) is 17.3 Å². The first-order valence-corrected chi connectivity index (χ1v) is 3.49. The smallest absolute Gasteiger partial charge is 0.306 e. The van der Waals surface area contributed by atoms with E-state index in [1.165, 1.54) is 13.3 Å². The van der Waals surface area contributed by atoms with Gasteiger partial charge in [-0.15, -0.1) is 11.6 Å². The first kappa shape index (κ1) is 8.07. The van der Waals surface area contributed by atoms with Gasteiger partial charge in [-0.1, -0.05) is 0 Å². The van der Waals surface area contributed by atoms with Crippen molar-refractivity contribution in [2.24, 2.45) is 0 Å². The summed E-state index contributed by atoms with van der Waals surface area (Å²) >= 11 is 5.51. The molecule has 0 saturated heterocycles. The molecule has 1 N–H and O–H groups in total. The lowest BCUT2D eigenvalue weighted by Gasteiger charge is -2.01. The average molecular weight is 175 g/mol. The Labute approximate surface area is 68.1 Å². The number of ether oxygens (including phenoxy) is 1. The molecule has 0 aliphatic heterocycles. The number of aromatic amines is 1. The molecule has 1 aromatic heterocycles. The molecule has 0 aliphatic rings. The first-order chi connectivity index (χ1) is 5.29. The Morgan fingerprint density at radius 1 is 1.82 bits per heavy atom. The molecule has 0 spiro atoms. The number of halogens is 1. The van der Waals surface area contributed by atoms with Crippen LogP contribution in [0.1, 0.15) is 5.56 Å². The van der Waals surface area contributed by atoms with Gasteiger partial charge in [-0.3, -0.25) is 4.79 Å². The third-order valence-corrected chi connectivity index (χ3v) is 1.52. The summed E-state index contributed by atoms with van der Waals surface area (Å²) in [4.78, 5) is 10.9. The van der Waals surface area contributed by atoms with Crippen molar-refractivity contribution in [3.8, 4) is 5.75 Å². The van der Waals surface area contributed by atoms with Crippen LogP contribution >= 0.6 is 11.6 Å². The Kier molecular flexibility index (Phi) is 2.48. The quantitative estimate of drug-likeness (QED) is 0.665. The number of alkyl halides is 1. The molecule has 1 aromatic rings. The zero-order valence-corrected chi connectivity index (χ0v) is 6.68. The van der Waals surface area contributed by atoms with E-state index in [1.807, 2.05) is 0 Å². The summed E-state index contributed by atoms with van der Waals surface area (Å²) in [5.41, 5.74) is 0.239. The third kappa shape index (κ3) is 1.51. The van der Waals surface area contributed by atoms with Gasteiger partial charge in [0.25, 0.3) is 0 Å². The summed E-state index contributed by atoms with van der Waals surface area (Å²) in [5, 5.41) is 5.80. The zero-order chi connectivity index (χ0) is 8.27. The van der Waals surface area contributed by atoms with E-state index >= 15 is 0 Å². The average Bonchev–Trinajstić information content (AvgIpc) is 2.04. The van der Waals surface area contributed by atoms with E-state index in [-0.39, 0.29) is 17.2 Å². The minimum absolute atomic E-state index is 0.222. The Bertz CT molecular complexity index is 297. The Hall–Kier alpha value is -1.03. The van der Waals surface area contributed by atoms with Crippen LogP contribution in [0.5, 0.6) is 5.75 Å². The Morgan fingerprint density at radius 2 is 2.55 bits per heavy atom. The van der Waals surface area contributed by atoms with Crippen molar-refractivity contribution in [2.75, 3.05) is 7.11 Å². The number of methoxy groups -OCH3 is 1. The van der Waals surface area contributed by atoms with Gasteiger partial charge in [-0.25, -0.2) is 5.10 Å². The van der Waals surface area contributed by atoms with E-state index < -0.39 is 0 Å². The lowest BCUT2D eigenvalue weighted by Crippen LogP contribution is -2.12. The van der Waals surface area contributed by atoms with Crippen LogP contribution in [0.2, 0.25) is 0 Å². The van der Waals surface area contributed by atoms with Crippen molar-refractivity contribution in [2.45, 2.75) is 5.88 Å². The number of hydrogen-bond acceptors (Lipinski definition) is 3. The molecular formula is C6H7ClN2O2. The van der Waals surface area contributed by atoms with Gasteiger partial charge in [-0.2, -0.15) is 5.10 Å². The molecule has 0 fully saturated rings. The largest absolute Gasteiger partial charge is 0.491 e. The minimum Gasteiger partial charge on any atom is -0.491 e. The van der Waals surface area contributed by atoms with E-state index in [2.05, 4.69) is 10.2 Å². The van der Waals surface area contributed by atoms with Crippen LogP contribution < -0.4 is 10.3 Å². The predicted molar refractivity (Wildman–Crippen MR) is 41.0 cm³/mol. The predicted octanol–water partition coefficient (Wildman–Crippen LogP) is 0.517. The summed E-state index contributed by atoms with van der Waals surface area (Å²) in [7, 11) is 1.42. The van der Waals surface area contributed by atoms with Crippen molar-refractivity contribution in [3.05, 3.63) is 22.1 Å². The van der Waals surface area contributed by atoms with Gasteiger partial charge < -0.3 is 4.74 Å². The maximum absolute atomic E-state index is 10.9. The summed E-state index contributed by atoms with van der Waals surface area (Å²) in [6.45, 7) is 0. The summed E-state index contributed by atoms with van der Waals surface area (Å²) in [5.74, 6) is 0.454. The molecule has 0 bridgehead atoms. The molecule has 0 saturated carbocycles. The fraction of sp³-hybridized carbons (Fsp3) is 0.333. The highest BCUT2D eigenvalue weighted by Crippen LogP contribution is 2.11. The zero-order valence-electron chi connectivity index (χ0n) is 5.93. The van der Waals surface area contributed by atoms with E-state index in [1.54, 1.807) is 0 Å². The van der Waals surface area contributed by atoms with Gasteiger partial charge in [-0.05, 0) is 0 Å². The van der Waals surface area contributed by atoms with E-state index in [0.29, 0.717) is 5.56 Å². The molecule has 0 atom stereocenters. The topological polar surface area (TPSA) is 55.0 Å².